The third kappa shape index (κ3) is 3.23. The molecule has 0 fully saturated rings. The lowest BCUT2D eigenvalue weighted by Crippen LogP contribution is -2.07. The molecule has 0 aliphatic carbocycles. The number of halogens is 3. The van der Waals surface area contributed by atoms with Gasteiger partial charge < -0.3 is 4.74 Å². The molecule has 0 spiro atoms. The van der Waals surface area contributed by atoms with Gasteiger partial charge >= 0.3 is 6.18 Å². The monoisotopic (exact) mass is 264 g/mol. The van der Waals surface area contributed by atoms with Crippen molar-refractivity contribution in [2.75, 3.05) is 6.26 Å². The van der Waals surface area contributed by atoms with Crippen LogP contribution < -0.4 is 4.74 Å². The SMILES string of the molecule is CSC(=O)c1ccc(C(F)(F)F)cc1OC=O. The Morgan fingerprint density at radius 3 is 2.53 bits per heavy atom. The molecule has 0 radical (unpaired) electrons. The van der Waals surface area contributed by atoms with Gasteiger partial charge in [0.1, 0.15) is 5.75 Å². The maximum Gasteiger partial charge on any atom is 0.416 e. The van der Waals surface area contributed by atoms with Gasteiger partial charge in [-0.1, -0.05) is 11.8 Å². The number of hydrogen-bond acceptors (Lipinski definition) is 4. The van der Waals surface area contributed by atoms with Crippen LogP contribution >= 0.6 is 11.8 Å². The summed E-state index contributed by atoms with van der Waals surface area (Å²) in [6.07, 6.45) is -3.08. The van der Waals surface area contributed by atoms with Crippen molar-refractivity contribution in [3.8, 4) is 5.75 Å². The van der Waals surface area contributed by atoms with E-state index in [1.807, 2.05) is 0 Å². The molecule has 1 rings (SSSR count). The minimum Gasteiger partial charge on any atom is -0.428 e. The van der Waals surface area contributed by atoms with Crippen molar-refractivity contribution in [2.45, 2.75) is 6.18 Å². The quantitative estimate of drug-likeness (QED) is 0.787. The van der Waals surface area contributed by atoms with Crippen LogP contribution in [0.25, 0.3) is 0 Å². The van der Waals surface area contributed by atoms with E-state index < -0.39 is 22.6 Å². The molecule has 0 aliphatic rings. The standard InChI is InChI=1S/C10H7F3O3S/c1-17-9(15)7-3-2-6(10(11,12)13)4-8(7)16-5-14/h2-5H,1H3. The Bertz CT molecular complexity index is 443. The van der Waals surface area contributed by atoms with Crippen molar-refractivity contribution < 1.29 is 27.5 Å². The number of carbonyl (C=O) groups is 2. The van der Waals surface area contributed by atoms with E-state index >= 15 is 0 Å². The minimum absolute atomic E-state index is 0.0212. The molecule has 0 saturated heterocycles. The second kappa shape index (κ2) is 5.22. The third-order valence-corrected chi connectivity index (χ3v) is 2.48. The summed E-state index contributed by atoms with van der Waals surface area (Å²) in [5.74, 6) is -0.394. The van der Waals surface area contributed by atoms with E-state index in [0.717, 1.165) is 23.9 Å². The predicted octanol–water partition coefficient (Wildman–Crippen LogP) is 2.74. The van der Waals surface area contributed by atoms with E-state index in [-0.39, 0.29) is 12.0 Å². The van der Waals surface area contributed by atoms with Crippen LogP contribution in [0.1, 0.15) is 15.9 Å². The maximum absolute atomic E-state index is 12.4. The molecule has 17 heavy (non-hydrogen) atoms. The molecule has 0 amide bonds. The first-order chi connectivity index (χ1) is 7.90. The minimum atomic E-state index is -4.55. The van der Waals surface area contributed by atoms with Crippen LogP contribution in [0.4, 0.5) is 13.2 Å². The van der Waals surface area contributed by atoms with E-state index in [1.54, 1.807) is 0 Å². The smallest absolute Gasteiger partial charge is 0.416 e. The summed E-state index contributed by atoms with van der Waals surface area (Å²) in [7, 11) is 0. The average molecular weight is 264 g/mol. The molecule has 0 aliphatic heterocycles. The summed E-state index contributed by atoms with van der Waals surface area (Å²) in [5.41, 5.74) is -1.05. The Hall–Kier alpha value is -1.50. The van der Waals surface area contributed by atoms with Gasteiger partial charge in [0.15, 0.2) is 0 Å². The molecular weight excluding hydrogens is 257 g/mol. The van der Waals surface area contributed by atoms with Gasteiger partial charge in [-0.05, 0) is 24.5 Å². The highest BCUT2D eigenvalue weighted by Gasteiger charge is 2.31. The largest absolute Gasteiger partial charge is 0.428 e. The fraction of sp³-hybridized carbons (Fsp3) is 0.200. The zero-order chi connectivity index (χ0) is 13.1. The van der Waals surface area contributed by atoms with Crippen LogP contribution in [0.2, 0.25) is 0 Å². The number of benzene rings is 1. The van der Waals surface area contributed by atoms with Gasteiger partial charge in [0.2, 0.25) is 5.12 Å². The lowest BCUT2D eigenvalue weighted by molar-refractivity contribution is -0.138. The second-order valence-corrected chi connectivity index (χ2v) is 3.69. The lowest BCUT2D eigenvalue weighted by atomic mass is 10.1. The molecule has 0 bridgehead atoms. The van der Waals surface area contributed by atoms with Gasteiger partial charge in [-0.25, -0.2) is 0 Å². The molecule has 0 unspecified atom stereocenters. The highest BCUT2D eigenvalue weighted by atomic mass is 32.2. The molecule has 1 aromatic rings. The van der Waals surface area contributed by atoms with Gasteiger partial charge in [0, 0.05) is 0 Å². The topological polar surface area (TPSA) is 43.4 Å². The van der Waals surface area contributed by atoms with Crippen LogP contribution in [0, 0.1) is 0 Å². The Morgan fingerprint density at radius 1 is 1.41 bits per heavy atom. The molecule has 1 aromatic carbocycles. The maximum atomic E-state index is 12.4. The van der Waals surface area contributed by atoms with Crippen molar-refractivity contribution in [3.05, 3.63) is 29.3 Å². The summed E-state index contributed by atoms with van der Waals surface area (Å²) in [5, 5.41) is -0.476. The highest BCUT2D eigenvalue weighted by molar-refractivity contribution is 8.13. The van der Waals surface area contributed by atoms with Crippen LogP contribution in [0.5, 0.6) is 5.75 Å². The van der Waals surface area contributed by atoms with E-state index in [4.69, 9.17) is 0 Å². The number of ether oxygens (including phenoxy) is 1. The summed E-state index contributed by atoms with van der Waals surface area (Å²) < 4.78 is 41.5. The van der Waals surface area contributed by atoms with Crippen molar-refractivity contribution in [2.24, 2.45) is 0 Å². The number of thioether (sulfide) groups is 1. The fourth-order valence-electron chi connectivity index (χ4n) is 1.13. The molecule has 0 atom stereocenters. The first-order valence-corrected chi connectivity index (χ1v) is 5.52. The van der Waals surface area contributed by atoms with Crippen molar-refractivity contribution in [1.82, 2.24) is 0 Å². The van der Waals surface area contributed by atoms with E-state index in [9.17, 15) is 22.8 Å². The van der Waals surface area contributed by atoms with E-state index in [1.165, 1.54) is 6.26 Å². The summed E-state index contributed by atoms with van der Waals surface area (Å²) in [6.45, 7) is -0.0212. The Morgan fingerprint density at radius 2 is 2.06 bits per heavy atom. The number of hydrogen-bond donors (Lipinski definition) is 0. The summed E-state index contributed by atoms with van der Waals surface area (Å²) >= 11 is 0.815. The molecule has 7 heteroatoms. The third-order valence-electron chi connectivity index (χ3n) is 1.89. The Labute approximate surface area is 98.9 Å². The zero-order valence-corrected chi connectivity index (χ0v) is 9.39. The first kappa shape index (κ1) is 13.6. The molecule has 0 saturated carbocycles. The predicted molar refractivity (Wildman–Crippen MR) is 56.0 cm³/mol. The number of rotatable bonds is 3. The molecule has 0 heterocycles. The number of alkyl halides is 3. The molecule has 0 N–H and O–H groups in total. The van der Waals surface area contributed by atoms with Crippen LogP contribution in [-0.4, -0.2) is 17.8 Å². The normalized spacial score (nSPS) is 11.1. The van der Waals surface area contributed by atoms with Crippen molar-refractivity contribution in [1.29, 1.82) is 0 Å². The molecular formula is C10H7F3O3S. The van der Waals surface area contributed by atoms with Gasteiger partial charge in [-0.3, -0.25) is 9.59 Å². The summed E-state index contributed by atoms with van der Waals surface area (Å²) in [4.78, 5) is 21.5. The summed E-state index contributed by atoms with van der Waals surface area (Å²) in [6, 6.07) is 2.37. The second-order valence-electron chi connectivity index (χ2n) is 2.91. The van der Waals surface area contributed by atoms with Gasteiger partial charge in [0.05, 0.1) is 11.1 Å². The van der Waals surface area contributed by atoms with Crippen LogP contribution in [-0.2, 0) is 11.0 Å². The zero-order valence-electron chi connectivity index (χ0n) is 8.58. The van der Waals surface area contributed by atoms with Crippen LogP contribution in [0.3, 0.4) is 0 Å². The molecule has 92 valence electrons. The van der Waals surface area contributed by atoms with Crippen LogP contribution in [0.15, 0.2) is 18.2 Å². The number of carbonyl (C=O) groups excluding carboxylic acids is 2. The van der Waals surface area contributed by atoms with Crippen molar-refractivity contribution >= 4 is 23.3 Å². The lowest BCUT2D eigenvalue weighted by Gasteiger charge is -2.10. The average Bonchev–Trinajstić information content (AvgIpc) is 2.27. The Balaban J connectivity index is 3.26. The highest BCUT2D eigenvalue weighted by Crippen LogP contribution is 2.33. The molecule has 3 nitrogen and oxygen atoms in total. The van der Waals surface area contributed by atoms with Gasteiger partial charge in [-0.2, -0.15) is 13.2 Å². The van der Waals surface area contributed by atoms with Gasteiger partial charge in [0.25, 0.3) is 6.47 Å². The fourth-order valence-corrected chi connectivity index (χ4v) is 1.52. The van der Waals surface area contributed by atoms with Gasteiger partial charge in [-0.15, -0.1) is 0 Å². The van der Waals surface area contributed by atoms with E-state index in [2.05, 4.69) is 4.74 Å². The first-order valence-electron chi connectivity index (χ1n) is 4.30. The van der Waals surface area contributed by atoms with Crippen molar-refractivity contribution in [3.63, 3.8) is 0 Å². The van der Waals surface area contributed by atoms with E-state index in [0.29, 0.717) is 6.07 Å². The molecule has 0 aromatic heterocycles. The Kier molecular flexibility index (Phi) is 4.17.